The molecule has 0 spiro atoms. The van der Waals surface area contributed by atoms with Crippen molar-refractivity contribution in [2.75, 3.05) is 33.9 Å². The number of carbonyl (C=O) groups is 2. The third kappa shape index (κ3) is 6.19. The molecule has 28 heavy (non-hydrogen) atoms. The summed E-state index contributed by atoms with van der Waals surface area (Å²) in [5.74, 6) is 0.259. The van der Waals surface area contributed by atoms with E-state index in [4.69, 9.17) is 13.9 Å². The van der Waals surface area contributed by atoms with Crippen LogP contribution in [0.25, 0.3) is 11.3 Å². The van der Waals surface area contributed by atoms with E-state index in [9.17, 15) is 14.7 Å². The molecule has 0 amide bonds. The molecule has 0 radical (unpaired) electrons. The van der Waals surface area contributed by atoms with Gasteiger partial charge in [0, 0.05) is 5.56 Å². The van der Waals surface area contributed by atoms with Crippen molar-refractivity contribution in [1.29, 1.82) is 0 Å². The largest absolute Gasteiger partial charge is 0.465 e. The van der Waals surface area contributed by atoms with Crippen molar-refractivity contribution in [1.82, 2.24) is 0 Å². The Morgan fingerprint density at radius 1 is 1.04 bits per heavy atom. The lowest BCUT2D eigenvalue weighted by Gasteiger charge is -2.06. The van der Waals surface area contributed by atoms with Gasteiger partial charge >= 0.3 is 11.9 Å². The molecular formula is C20H28N2O6+2. The first-order valence-corrected chi connectivity index (χ1v) is 9.16. The maximum atomic E-state index is 11.9. The standard InChI is InChI=1S/C20H26N2O6/c1-13(23)11-21-6-7-22-12-17-4-5-18(28-17)14-8-15(19(24)26-2)10-16(9-14)20(25)27-3/h4-5,8-10,13,21-23H,6-7,11-12H2,1-3H3/p+2/t13-/m0/s1. The molecule has 8 nitrogen and oxygen atoms in total. The lowest BCUT2D eigenvalue weighted by atomic mass is 10.0. The number of ether oxygens (including phenoxy) is 2. The van der Waals surface area contributed by atoms with E-state index in [1.807, 2.05) is 6.07 Å². The van der Waals surface area contributed by atoms with E-state index in [2.05, 4.69) is 10.6 Å². The second-order valence-electron chi connectivity index (χ2n) is 6.49. The molecule has 0 saturated carbocycles. The van der Waals surface area contributed by atoms with Gasteiger partial charge in [0.2, 0.25) is 0 Å². The first-order chi connectivity index (χ1) is 13.4. The van der Waals surface area contributed by atoms with Gasteiger partial charge in [-0.3, -0.25) is 0 Å². The van der Waals surface area contributed by atoms with Crippen molar-refractivity contribution in [2.45, 2.75) is 19.6 Å². The minimum absolute atomic E-state index is 0.249. The topological polar surface area (TPSA) is 119 Å². The summed E-state index contributed by atoms with van der Waals surface area (Å²) in [7, 11) is 2.57. The van der Waals surface area contributed by atoms with Crippen LogP contribution in [-0.4, -0.2) is 57.0 Å². The minimum Gasteiger partial charge on any atom is -0.465 e. The van der Waals surface area contributed by atoms with Gasteiger partial charge in [0.05, 0.1) is 31.5 Å². The van der Waals surface area contributed by atoms with Crippen LogP contribution in [0.4, 0.5) is 0 Å². The highest BCUT2D eigenvalue weighted by Crippen LogP contribution is 2.25. The van der Waals surface area contributed by atoms with Crippen LogP contribution in [0.3, 0.4) is 0 Å². The molecule has 1 heterocycles. The normalized spacial score (nSPS) is 11.9. The number of esters is 2. The summed E-state index contributed by atoms with van der Waals surface area (Å²) >= 11 is 0. The molecule has 0 aliphatic carbocycles. The van der Waals surface area contributed by atoms with E-state index in [1.54, 1.807) is 25.1 Å². The van der Waals surface area contributed by atoms with Crippen molar-refractivity contribution in [3.05, 3.63) is 47.2 Å². The molecule has 0 bridgehead atoms. The van der Waals surface area contributed by atoms with Crippen molar-refractivity contribution < 1.29 is 39.2 Å². The Balaban J connectivity index is 2.06. The summed E-state index contributed by atoms with van der Waals surface area (Å²) < 4.78 is 15.4. The number of methoxy groups -OCH3 is 2. The van der Waals surface area contributed by atoms with Gasteiger partial charge in [-0.2, -0.15) is 0 Å². The lowest BCUT2D eigenvalue weighted by Crippen LogP contribution is -2.95. The highest BCUT2D eigenvalue weighted by molar-refractivity contribution is 5.97. The molecular weight excluding hydrogens is 364 g/mol. The van der Waals surface area contributed by atoms with Crippen molar-refractivity contribution in [3.8, 4) is 11.3 Å². The lowest BCUT2D eigenvalue weighted by molar-refractivity contribution is -0.733. The van der Waals surface area contributed by atoms with Gasteiger partial charge < -0.3 is 29.6 Å². The third-order valence-electron chi connectivity index (χ3n) is 4.15. The molecule has 2 rings (SSSR count). The number of furan rings is 1. The van der Waals surface area contributed by atoms with Gasteiger partial charge in [0.25, 0.3) is 0 Å². The van der Waals surface area contributed by atoms with Crippen LogP contribution in [0.1, 0.15) is 33.4 Å². The summed E-state index contributed by atoms with van der Waals surface area (Å²) in [5, 5.41) is 13.4. The minimum atomic E-state index is -0.541. The third-order valence-corrected chi connectivity index (χ3v) is 4.15. The monoisotopic (exact) mass is 392 g/mol. The molecule has 152 valence electrons. The molecule has 0 aliphatic rings. The number of nitrogens with two attached hydrogens (primary N) is 2. The van der Waals surface area contributed by atoms with E-state index >= 15 is 0 Å². The van der Waals surface area contributed by atoms with Crippen LogP contribution in [0.15, 0.2) is 34.7 Å². The predicted molar refractivity (Wildman–Crippen MR) is 101 cm³/mol. The zero-order valence-corrected chi connectivity index (χ0v) is 16.4. The summed E-state index contributed by atoms with van der Waals surface area (Å²) in [6.45, 7) is 4.93. The summed E-state index contributed by atoms with van der Waals surface area (Å²) in [6, 6.07) is 8.35. The van der Waals surface area contributed by atoms with Crippen LogP contribution < -0.4 is 10.6 Å². The van der Waals surface area contributed by atoms with E-state index in [0.29, 0.717) is 24.4 Å². The Bertz CT molecular complexity index is 765. The first kappa shape index (κ1) is 21.6. The van der Waals surface area contributed by atoms with Crippen molar-refractivity contribution >= 4 is 11.9 Å². The summed E-state index contributed by atoms with van der Waals surface area (Å²) in [6.07, 6.45) is -0.303. The fourth-order valence-electron chi connectivity index (χ4n) is 2.72. The number of rotatable bonds is 10. The predicted octanol–water partition coefficient (Wildman–Crippen LogP) is -0.473. The van der Waals surface area contributed by atoms with E-state index in [0.717, 1.165) is 18.8 Å². The quantitative estimate of drug-likeness (QED) is 0.371. The van der Waals surface area contributed by atoms with Crippen LogP contribution in [0.2, 0.25) is 0 Å². The summed E-state index contributed by atoms with van der Waals surface area (Å²) in [5.41, 5.74) is 1.09. The molecule has 0 aliphatic heterocycles. The smallest absolute Gasteiger partial charge is 0.337 e. The second kappa shape index (κ2) is 10.6. The molecule has 0 saturated heterocycles. The Hall–Kier alpha value is -2.68. The van der Waals surface area contributed by atoms with Crippen LogP contribution in [-0.2, 0) is 16.0 Å². The molecule has 1 aromatic heterocycles. The number of hydrogen-bond donors (Lipinski definition) is 3. The van der Waals surface area contributed by atoms with Crippen molar-refractivity contribution in [3.63, 3.8) is 0 Å². The zero-order valence-electron chi connectivity index (χ0n) is 16.4. The van der Waals surface area contributed by atoms with Crippen LogP contribution in [0.5, 0.6) is 0 Å². The maximum Gasteiger partial charge on any atom is 0.337 e. The number of aliphatic hydroxyl groups is 1. The highest BCUT2D eigenvalue weighted by atomic mass is 16.5. The molecule has 2 aromatic rings. The molecule has 1 aromatic carbocycles. The maximum absolute atomic E-state index is 11.9. The average molecular weight is 392 g/mol. The Kier molecular flexibility index (Phi) is 8.19. The van der Waals surface area contributed by atoms with Gasteiger partial charge in [-0.25, -0.2) is 9.59 Å². The van der Waals surface area contributed by atoms with E-state index < -0.39 is 11.9 Å². The van der Waals surface area contributed by atoms with Crippen molar-refractivity contribution in [2.24, 2.45) is 0 Å². The zero-order chi connectivity index (χ0) is 20.5. The van der Waals surface area contributed by atoms with E-state index in [-0.39, 0.29) is 17.2 Å². The number of benzene rings is 1. The van der Waals surface area contributed by atoms with Crippen LogP contribution in [0, 0.1) is 0 Å². The van der Waals surface area contributed by atoms with Crippen LogP contribution >= 0.6 is 0 Å². The first-order valence-electron chi connectivity index (χ1n) is 9.16. The number of hydrogen-bond acceptors (Lipinski definition) is 6. The number of quaternary nitrogens is 2. The Labute approximate surface area is 163 Å². The van der Waals surface area contributed by atoms with E-state index in [1.165, 1.54) is 20.3 Å². The number of carbonyl (C=O) groups excluding carboxylic acids is 2. The Morgan fingerprint density at radius 3 is 2.21 bits per heavy atom. The second-order valence-corrected chi connectivity index (χ2v) is 6.49. The fraction of sp³-hybridized carbons (Fsp3) is 0.400. The molecule has 0 unspecified atom stereocenters. The average Bonchev–Trinajstić information content (AvgIpc) is 3.17. The van der Waals surface area contributed by atoms with Gasteiger partial charge in [-0.05, 0) is 37.3 Å². The van der Waals surface area contributed by atoms with Gasteiger partial charge in [-0.1, -0.05) is 0 Å². The molecule has 8 heteroatoms. The highest BCUT2D eigenvalue weighted by Gasteiger charge is 2.16. The summed E-state index contributed by atoms with van der Waals surface area (Å²) in [4.78, 5) is 23.8. The SMILES string of the molecule is COC(=O)c1cc(C(=O)OC)cc(-c2ccc(C[NH2+]CC[NH2+]C[C@H](C)O)o2)c1. The Morgan fingerprint density at radius 2 is 1.64 bits per heavy atom. The van der Waals surface area contributed by atoms with Gasteiger partial charge in [0.15, 0.2) is 5.76 Å². The fourth-order valence-corrected chi connectivity index (χ4v) is 2.72. The van der Waals surface area contributed by atoms with Gasteiger partial charge in [0.1, 0.15) is 31.9 Å². The molecule has 5 N–H and O–H groups in total. The molecule has 1 atom stereocenters. The van der Waals surface area contributed by atoms with Gasteiger partial charge in [-0.15, -0.1) is 0 Å². The number of aliphatic hydroxyl groups excluding tert-OH is 1. The molecule has 0 fully saturated rings.